The average molecular weight is 234 g/mol. The zero-order valence-electron chi connectivity index (χ0n) is 9.62. The Labute approximate surface area is 92.1 Å². The van der Waals surface area contributed by atoms with Crippen LogP contribution in [-0.4, -0.2) is 30.8 Å². The van der Waals surface area contributed by atoms with E-state index in [0.29, 0.717) is 12.7 Å². The second-order valence-electron chi connectivity index (χ2n) is 3.28. The minimum Gasteiger partial charge on any atom is -0.461 e. The smallest absolute Gasteiger partial charge is 0.302 e. The van der Waals surface area contributed by atoms with Crippen LogP contribution >= 0.6 is 7.92 Å². The highest BCUT2D eigenvalue weighted by Crippen LogP contribution is 2.36. The first-order chi connectivity index (χ1) is 7.06. The molecule has 0 aliphatic rings. The van der Waals surface area contributed by atoms with Crippen LogP contribution in [0.25, 0.3) is 0 Å². The van der Waals surface area contributed by atoms with Crippen LogP contribution in [0.2, 0.25) is 0 Å². The molecule has 0 spiro atoms. The minimum atomic E-state index is -0.518. The molecule has 0 fully saturated rings. The molecule has 0 unspecified atom stereocenters. The van der Waals surface area contributed by atoms with Gasteiger partial charge in [-0.2, -0.15) is 0 Å². The van der Waals surface area contributed by atoms with Gasteiger partial charge in [-0.15, -0.1) is 0 Å². The Morgan fingerprint density at radius 2 is 1.53 bits per heavy atom. The number of unbranched alkanes of at least 4 members (excludes halogenated alkanes) is 1. The lowest BCUT2D eigenvalue weighted by Crippen LogP contribution is -2.07. The van der Waals surface area contributed by atoms with Gasteiger partial charge >= 0.3 is 11.9 Å². The maximum atomic E-state index is 10.6. The van der Waals surface area contributed by atoms with Crippen molar-refractivity contribution in [2.75, 3.05) is 18.9 Å². The van der Waals surface area contributed by atoms with E-state index in [1.807, 2.05) is 0 Å². The Morgan fingerprint density at radius 1 is 1.07 bits per heavy atom. The third kappa shape index (κ3) is 9.67. The van der Waals surface area contributed by atoms with Crippen molar-refractivity contribution >= 4 is 19.9 Å². The lowest BCUT2D eigenvalue weighted by molar-refractivity contribution is -0.138. The van der Waals surface area contributed by atoms with E-state index in [0.717, 1.165) is 19.0 Å². The van der Waals surface area contributed by atoms with Gasteiger partial charge in [0.05, 0.1) is 0 Å². The molecule has 0 saturated carbocycles. The van der Waals surface area contributed by atoms with E-state index < -0.39 is 7.92 Å². The summed E-state index contributed by atoms with van der Waals surface area (Å²) in [5.74, 6) is -0.552. The molecule has 0 bridgehead atoms. The molecule has 0 aromatic heterocycles. The van der Waals surface area contributed by atoms with Crippen molar-refractivity contribution in [3.05, 3.63) is 0 Å². The predicted octanol–water partition coefficient (Wildman–Crippen LogP) is 2.31. The Hall–Kier alpha value is -0.630. The fraction of sp³-hybridized carbons (Fsp3) is 0.800. The largest absolute Gasteiger partial charge is 0.461 e. The van der Waals surface area contributed by atoms with Crippen molar-refractivity contribution in [2.45, 2.75) is 33.6 Å². The van der Waals surface area contributed by atoms with Crippen LogP contribution < -0.4 is 0 Å². The van der Waals surface area contributed by atoms with Crippen molar-refractivity contribution < 1.29 is 19.1 Å². The van der Waals surface area contributed by atoms with Gasteiger partial charge in [0.25, 0.3) is 0 Å². The van der Waals surface area contributed by atoms with Gasteiger partial charge in [0.2, 0.25) is 0 Å². The number of hydrogen-bond donors (Lipinski definition) is 0. The third-order valence-corrected chi connectivity index (χ3v) is 3.67. The van der Waals surface area contributed by atoms with E-state index in [1.54, 1.807) is 0 Å². The molecule has 4 nitrogen and oxygen atoms in total. The molecule has 15 heavy (non-hydrogen) atoms. The second kappa shape index (κ2) is 8.66. The zero-order chi connectivity index (χ0) is 11.7. The van der Waals surface area contributed by atoms with Crippen LogP contribution in [0.4, 0.5) is 0 Å². The third-order valence-electron chi connectivity index (χ3n) is 1.73. The molecule has 88 valence electrons. The predicted molar refractivity (Wildman–Crippen MR) is 60.0 cm³/mol. The van der Waals surface area contributed by atoms with Crippen LogP contribution in [-0.2, 0) is 19.1 Å². The monoisotopic (exact) mass is 234 g/mol. The summed E-state index contributed by atoms with van der Waals surface area (Å²) in [4.78, 5) is 21.3. The quantitative estimate of drug-likeness (QED) is 0.501. The lowest BCUT2D eigenvalue weighted by atomic mass is 10.4. The highest BCUT2D eigenvalue weighted by Gasteiger charge is 2.11. The molecule has 0 aromatic rings. The van der Waals surface area contributed by atoms with Gasteiger partial charge in [-0.25, -0.2) is 0 Å². The van der Waals surface area contributed by atoms with Gasteiger partial charge in [0.1, 0.15) is 12.7 Å². The number of rotatable bonds is 7. The lowest BCUT2D eigenvalue weighted by Gasteiger charge is -2.16. The summed E-state index contributed by atoms with van der Waals surface area (Å²) >= 11 is 0. The summed E-state index contributed by atoms with van der Waals surface area (Å²) in [6, 6.07) is 0. The standard InChI is InChI=1S/C10H19O4P/c1-4-5-6-15(7-13-9(2)11)8-14-10(3)12/h4-8H2,1-3H3. The van der Waals surface area contributed by atoms with Crippen LogP contribution in [0.1, 0.15) is 33.6 Å². The van der Waals surface area contributed by atoms with Crippen LogP contribution in [0.3, 0.4) is 0 Å². The maximum Gasteiger partial charge on any atom is 0.302 e. The van der Waals surface area contributed by atoms with Gasteiger partial charge < -0.3 is 9.47 Å². The Bertz CT molecular complexity index is 188. The fourth-order valence-corrected chi connectivity index (χ4v) is 2.74. The number of carbonyl (C=O) groups excluding carboxylic acids is 2. The summed E-state index contributed by atoms with van der Waals surface area (Å²) in [6.45, 7) is 4.88. The van der Waals surface area contributed by atoms with Crippen LogP contribution in [0.15, 0.2) is 0 Å². The van der Waals surface area contributed by atoms with Crippen molar-refractivity contribution in [3.63, 3.8) is 0 Å². The normalized spacial score (nSPS) is 10.1. The Balaban J connectivity index is 3.82. The van der Waals surface area contributed by atoms with E-state index in [1.165, 1.54) is 13.8 Å². The highest BCUT2D eigenvalue weighted by molar-refractivity contribution is 7.57. The van der Waals surface area contributed by atoms with E-state index >= 15 is 0 Å². The molecule has 0 saturated heterocycles. The molecular weight excluding hydrogens is 215 g/mol. The number of ether oxygens (including phenoxy) is 2. The zero-order valence-corrected chi connectivity index (χ0v) is 10.5. The van der Waals surface area contributed by atoms with Crippen molar-refractivity contribution in [1.82, 2.24) is 0 Å². The first-order valence-electron chi connectivity index (χ1n) is 5.05. The molecular formula is C10H19O4P. The van der Waals surface area contributed by atoms with E-state index in [9.17, 15) is 9.59 Å². The van der Waals surface area contributed by atoms with E-state index in [-0.39, 0.29) is 11.9 Å². The molecule has 0 heterocycles. The molecule has 0 atom stereocenters. The summed E-state index contributed by atoms with van der Waals surface area (Å²) in [7, 11) is -0.518. The van der Waals surface area contributed by atoms with Crippen LogP contribution in [0.5, 0.6) is 0 Å². The van der Waals surface area contributed by atoms with Crippen LogP contribution in [0, 0.1) is 0 Å². The van der Waals surface area contributed by atoms with Crippen molar-refractivity contribution in [1.29, 1.82) is 0 Å². The molecule has 0 amide bonds. The van der Waals surface area contributed by atoms with Crippen molar-refractivity contribution in [3.8, 4) is 0 Å². The number of carbonyl (C=O) groups is 2. The fourth-order valence-electron chi connectivity index (χ4n) is 0.912. The summed E-state index contributed by atoms with van der Waals surface area (Å²) in [6.07, 6.45) is 3.95. The molecule has 0 rings (SSSR count). The average Bonchev–Trinajstić information content (AvgIpc) is 2.16. The van der Waals surface area contributed by atoms with Gasteiger partial charge in [0, 0.05) is 13.8 Å². The highest BCUT2D eigenvalue weighted by atomic mass is 31.1. The summed E-state index contributed by atoms with van der Waals surface area (Å²) < 4.78 is 9.86. The first-order valence-corrected chi connectivity index (χ1v) is 6.95. The molecule has 0 aliphatic heterocycles. The van der Waals surface area contributed by atoms with Gasteiger partial charge in [-0.3, -0.25) is 9.59 Å². The van der Waals surface area contributed by atoms with Gasteiger partial charge in [-0.1, -0.05) is 13.3 Å². The number of esters is 2. The SMILES string of the molecule is CCCCP(COC(C)=O)COC(C)=O. The Kier molecular flexibility index (Phi) is 8.30. The molecule has 5 heteroatoms. The van der Waals surface area contributed by atoms with E-state index in [2.05, 4.69) is 6.92 Å². The number of hydrogen-bond acceptors (Lipinski definition) is 4. The topological polar surface area (TPSA) is 52.6 Å². The summed E-state index contributed by atoms with van der Waals surface area (Å²) in [5.41, 5.74) is 0. The molecule has 0 radical (unpaired) electrons. The van der Waals surface area contributed by atoms with E-state index in [4.69, 9.17) is 9.47 Å². The Morgan fingerprint density at radius 3 is 1.87 bits per heavy atom. The van der Waals surface area contributed by atoms with Gasteiger partial charge in [0.15, 0.2) is 0 Å². The maximum absolute atomic E-state index is 10.6. The van der Waals surface area contributed by atoms with Gasteiger partial charge in [-0.05, 0) is 20.5 Å². The second-order valence-corrected chi connectivity index (χ2v) is 5.58. The molecule has 0 aliphatic carbocycles. The van der Waals surface area contributed by atoms with Crippen molar-refractivity contribution in [2.24, 2.45) is 0 Å². The first kappa shape index (κ1) is 14.4. The molecule has 0 N–H and O–H groups in total. The summed E-state index contributed by atoms with van der Waals surface area (Å²) in [5, 5.41) is 0. The minimum absolute atomic E-state index is 0.276. The molecule has 0 aromatic carbocycles.